The highest BCUT2D eigenvalue weighted by molar-refractivity contribution is 6.01. The zero-order chi connectivity index (χ0) is 19.6. The Balaban J connectivity index is 1.73. The number of hydrogen-bond acceptors (Lipinski definition) is 6. The lowest BCUT2D eigenvalue weighted by atomic mass is 10.2. The van der Waals surface area contributed by atoms with Crippen LogP contribution in [-0.4, -0.2) is 40.4 Å². The molecular weight excluding hydrogens is 348 g/mol. The molecule has 0 atom stereocenters. The Morgan fingerprint density at radius 3 is 2.70 bits per heavy atom. The summed E-state index contributed by atoms with van der Waals surface area (Å²) in [7, 11) is 3.09. The molecule has 0 saturated carbocycles. The Morgan fingerprint density at radius 1 is 1.22 bits per heavy atom. The van der Waals surface area contributed by atoms with E-state index in [0.29, 0.717) is 17.2 Å². The van der Waals surface area contributed by atoms with Crippen LogP contribution in [0.15, 0.2) is 30.3 Å². The van der Waals surface area contributed by atoms with Crippen molar-refractivity contribution in [2.45, 2.75) is 13.8 Å². The molecule has 0 aliphatic heterocycles. The number of nitrogens with one attached hydrogen (secondary N) is 1. The Bertz CT molecular complexity index is 1030. The first-order valence-electron chi connectivity index (χ1n) is 8.31. The van der Waals surface area contributed by atoms with Gasteiger partial charge in [0.25, 0.3) is 5.91 Å². The van der Waals surface area contributed by atoms with E-state index in [1.807, 2.05) is 20.9 Å². The molecule has 8 heteroatoms. The normalized spacial score (nSPS) is 10.7. The van der Waals surface area contributed by atoms with Gasteiger partial charge >= 0.3 is 5.97 Å². The fourth-order valence-electron chi connectivity index (χ4n) is 2.91. The first-order chi connectivity index (χ1) is 12.9. The SMILES string of the molecule is COC(=O)c1ccccc1NC(=O)COc1cc(C)c2c(C)nn(C)c2n1. The molecule has 1 aromatic carbocycles. The second kappa shape index (κ2) is 7.45. The van der Waals surface area contributed by atoms with Gasteiger partial charge in [0.1, 0.15) is 0 Å². The maximum atomic E-state index is 12.2. The predicted molar refractivity (Wildman–Crippen MR) is 99.9 cm³/mol. The van der Waals surface area contributed by atoms with Crippen LogP contribution in [-0.2, 0) is 16.6 Å². The van der Waals surface area contributed by atoms with Crippen LogP contribution in [0, 0.1) is 13.8 Å². The number of carbonyl (C=O) groups is 2. The molecule has 27 heavy (non-hydrogen) atoms. The van der Waals surface area contributed by atoms with Crippen LogP contribution in [0.5, 0.6) is 5.88 Å². The molecule has 2 heterocycles. The molecule has 3 aromatic rings. The number of hydrogen-bond donors (Lipinski definition) is 1. The van der Waals surface area contributed by atoms with E-state index in [0.717, 1.165) is 16.6 Å². The third-order valence-electron chi connectivity index (χ3n) is 4.10. The average Bonchev–Trinajstić information content (AvgIpc) is 2.94. The van der Waals surface area contributed by atoms with Crippen LogP contribution in [0.1, 0.15) is 21.6 Å². The standard InChI is InChI=1S/C19H20N4O4/c1-11-9-16(21-18-17(11)12(2)22-23(18)3)27-10-15(24)20-14-8-6-5-7-13(14)19(25)26-4/h5-9H,10H2,1-4H3,(H,20,24). The van der Waals surface area contributed by atoms with E-state index >= 15 is 0 Å². The number of rotatable bonds is 5. The molecule has 0 saturated heterocycles. The molecule has 0 radical (unpaired) electrons. The zero-order valence-corrected chi connectivity index (χ0v) is 15.6. The number of aromatic nitrogens is 3. The lowest BCUT2D eigenvalue weighted by Crippen LogP contribution is -2.22. The summed E-state index contributed by atoms with van der Waals surface area (Å²) in [5, 5.41) is 7.98. The van der Waals surface area contributed by atoms with Crippen LogP contribution in [0.2, 0.25) is 0 Å². The van der Waals surface area contributed by atoms with Crippen molar-refractivity contribution in [3.05, 3.63) is 47.2 Å². The highest BCUT2D eigenvalue weighted by Gasteiger charge is 2.15. The number of esters is 1. The van der Waals surface area contributed by atoms with E-state index in [1.165, 1.54) is 7.11 Å². The Labute approximate surface area is 156 Å². The number of ether oxygens (including phenoxy) is 2. The Morgan fingerprint density at radius 2 is 1.96 bits per heavy atom. The van der Waals surface area contributed by atoms with E-state index in [9.17, 15) is 9.59 Å². The van der Waals surface area contributed by atoms with Gasteiger partial charge in [-0.25, -0.2) is 4.79 Å². The minimum atomic E-state index is -0.527. The summed E-state index contributed by atoms with van der Waals surface area (Å²) >= 11 is 0. The van der Waals surface area contributed by atoms with Crippen molar-refractivity contribution in [2.75, 3.05) is 19.0 Å². The number of nitrogens with zero attached hydrogens (tertiary/aromatic N) is 3. The van der Waals surface area contributed by atoms with Crippen molar-refractivity contribution in [1.29, 1.82) is 0 Å². The van der Waals surface area contributed by atoms with Crippen molar-refractivity contribution in [3.8, 4) is 5.88 Å². The summed E-state index contributed by atoms with van der Waals surface area (Å²) < 4.78 is 11.9. The van der Waals surface area contributed by atoms with Gasteiger partial charge in [-0.1, -0.05) is 12.1 Å². The second-order valence-electron chi connectivity index (χ2n) is 6.06. The minimum Gasteiger partial charge on any atom is -0.467 e. The number of amides is 1. The molecule has 0 fully saturated rings. The van der Waals surface area contributed by atoms with E-state index in [2.05, 4.69) is 15.4 Å². The second-order valence-corrected chi connectivity index (χ2v) is 6.06. The first-order valence-corrected chi connectivity index (χ1v) is 8.31. The fourth-order valence-corrected chi connectivity index (χ4v) is 2.91. The van der Waals surface area contributed by atoms with Gasteiger partial charge in [-0.05, 0) is 31.5 Å². The number of benzene rings is 1. The summed E-state index contributed by atoms with van der Waals surface area (Å²) in [4.78, 5) is 28.4. The van der Waals surface area contributed by atoms with E-state index in [1.54, 1.807) is 35.0 Å². The Kier molecular flexibility index (Phi) is 5.07. The molecule has 0 unspecified atom stereocenters. The van der Waals surface area contributed by atoms with Gasteiger partial charge in [0.05, 0.1) is 24.1 Å². The first kappa shape index (κ1) is 18.4. The summed E-state index contributed by atoms with van der Waals surface area (Å²) in [5.41, 5.74) is 3.19. The largest absolute Gasteiger partial charge is 0.467 e. The molecule has 0 bridgehead atoms. The van der Waals surface area contributed by atoms with Gasteiger partial charge in [-0.2, -0.15) is 10.1 Å². The molecule has 1 N–H and O–H groups in total. The van der Waals surface area contributed by atoms with Crippen LogP contribution < -0.4 is 10.1 Å². The van der Waals surface area contributed by atoms with Gasteiger partial charge in [-0.3, -0.25) is 9.48 Å². The molecule has 8 nitrogen and oxygen atoms in total. The van der Waals surface area contributed by atoms with E-state index in [4.69, 9.17) is 9.47 Å². The van der Waals surface area contributed by atoms with E-state index < -0.39 is 11.9 Å². The molecule has 0 aliphatic rings. The maximum absolute atomic E-state index is 12.2. The molecule has 1 amide bonds. The lowest BCUT2D eigenvalue weighted by molar-refractivity contribution is -0.118. The van der Waals surface area contributed by atoms with Gasteiger partial charge in [-0.15, -0.1) is 0 Å². The van der Waals surface area contributed by atoms with Gasteiger partial charge in [0.15, 0.2) is 12.3 Å². The zero-order valence-electron chi connectivity index (χ0n) is 15.6. The average molecular weight is 368 g/mol. The quantitative estimate of drug-likeness (QED) is 0.695. The number of carbonyl (C=O) groups excluding carboxylic acids is 2. The number of pyridine rings is 1. The maximum Gasteiger partial charge on any atom is 0.339 e. The van der Waals surface area contributed by atoms with Gasteiger partial charge in [0, 0.05) is 18.5 Å². The van der Waals surface area contributed by atoms with Gasteiger partial charge in [0.2, 0.25) is 5.88 Å². The van der Waals surface area contributed by atoms with Crippen molar-refractivity contribution >= 4 is 28.6 Å². The highest BCUT2D eigenvalue weighted by Crippen LogP contribution is 2.24. The Hall–Kier alpha value is -3.42. The van der Waals surface area contributed by atoms with Crippen LogP contribution >= 0.6 is 0 Å². The van der Waals surface area contributed by atoms with Crippen LogP contribution in [0.4, 0.5) is 5.69 Å². The number of aryl methyl sites for hydroxylation is 3. The monoisotopic (exact) mass is 368 g/mol. The molecule has 3 rings (SSSR count). The summed E-state index contributed by atoms with van der Waals surface area (Å²) in [6.45, 7) is 3.62. The number of fused-ring (bicyclic) bond motifs is 1. The van der Waals surface area contributed by atoms with Crippen LogP contribution in [0.3, 0.4) is 0 Å². The summed E-state index contributed by atoms with van der Waals surface area (Å²) in [6.07, 6.45) is 0. The van der Waals surface area contributed by atoms with Crippen LogP contribution in [0.25, 0.3) is 11.0 Å². The lowest BCUT2D eigenvalue weighted by Gasteiger charge is -2.10. The van der Waals surface area contributed by atoms with E-state index in [-0.39, 0.29) is 12.2 Å². The molecule has 140 valence electrons. The smallest absolute Gasteiger partial charge is 0.339 e. The highest BCUT2D eigenvalue weighted by atomic mass is 16.5. The van der Waals surface area contributed by atoms with Crippen molar-refractivity contribution in [2.24, 2.45) is 7.05 Å². The molecular formula is C19H20N4O4. The number of anilines is 1. The van der Waals surface area contributed by atoms with Gasteiger partial charge < -0.3 is 14.8 Å². The number of para-hydroxylation sites is 1. The summed E-state index contributed by atoms with van der Waals surface area (Å²) in [5.74, 6) is -0.604. The molecule has 0 spiro atoms. The third-order valence-corrected chi connectivity index (χ3v) is 4.10. The van der Waals surface area contributed by atoms with Crippen molar-refractivity contribution in [3.63, 3.8) is 0 Å². The van der Waals surface area contributed by atoms with Crippen molar-refractivity contribution in [1.82, 2.24) is 14.8 Å². The predicted octanol–water partition coefficient (Wildman–Crippen LogP) is 2.39. The number of methoxy groups -OCH3 is 1. The molecule has 0 aliphatic carbocycles. The summed E-state index contributed by atoms with van der Waals surface area (Å²) in [6, 6.07) is 8.37. The topological polar surface area (TPSA) is 95.3 Å². The fraction of sp³-hybridized carbons (Fsp3) is 0.263. The third kappa shape index (κ3) is 3.74. The minimum absolute atomic E-state index is 0.246. The molecule has 2 aromatic heterocycles. The van der Waals surface area contributed by atoms with Crippen molar-refractivity contribution < 1.29 is 19.1 Å².